The summed E-state index contributed by atoms with van der Waals surface area (Å²) in [4.78, 5) is 35.0. The Hall–Kier alpha value is -4.06. The minimum atomic E-state index is -0.542. The van der Waals surface area contributed by atoms with E-state index in [0.29, 0.717) is 36.8 Å². The number of nitrogens with one attached hydrogen (secondary N) is 2. The van der Waals surface area contributed by atoms with Crippen LogP contribution in [0.2, 0.25) is 0 Å². The number of benzene rings is 2. The number of urea groups is 1. The molecule has 2 heterocycles. The number of rotatable bonds is 8. The molecule has 0 saturated carbocycles. The van der Waals surface area contributed by atoms with Crippen molar-refractivity contribution in [3.8, 4) is 5.75 Å². The average Bonchev–Trinajstić information content (AvgIpc) is 3.04. The molecule has 0 unspecified atom stereocenters. The van der Waals surface area contributed by atoms with Crippen molar-refractivity contribution in [1.82, 2.24) is 14.8 Å². The van der Waals surface area contributed by atoms with E-state index in [9.17, 15) is 19.1 Å². The topological polar surface area (TPSA) is 116 Å². The van der Waals surface area contributed by atoms with E-state index in [0.717, 1.165) is 31.4 Å². The van der Waals surface area contributed by atoms with E-state index in [-0.39, 0.29) is 36.2 Å². The SMILES string of the molecule is C[C@@H]1CCCCO[C@H](CN(C)Cc2ccncc2)[C@H](C)CN([C@H](C)CO)C(=O)c2cc(NC(=O)Nc3ccc(F)cc3)ccc2O1. The van der Waals surface area contributed by atoms with Crippen molar-refractivity contribution in [2.24, 2.45) is 5.92 Å². The molecule has 1 aliphatic heterocycles. The largest absolute Gasteiger partial charge is 0.490 e. The fourth-order valence-electron chi connectivity index (χ4n) is 5.46. The molecule has 3 N–H and O–H groups in total. The zero-order chi connectivity index (χ0) is 33.1. The molecule has 2 aromatic carbocycles. The van der Waals surface area contributed by atoms with Crippen LogP contribution in [0, 0.1) is 11.7 Å². The predicted octanol–water partition coefficient (Wildman–Crippen LogP) is 5.79. The Balaban J connectivity index is 1.58. The van der Waals surface area contributed by atoms with E-state index >= 15 is 0 Å². The fourth-order valence-corrected chi connectivity index (χ4v) is 5.46. The first-order valence-corrected chi connectivity index (χ1v) is 15.9. The number of fused-ring (bicyclic) bond motifs is 1. The zero-order valence-corrected chi connectivity index (χ0v) is 27.1. The van der Waals surface area contributed by atoms with Gasteiger partial charge in [-0.2, -0.15) is 0 Å². The number of hydrogen-bond donors (Lipinski definition) is 3. The molecule has 11 heteroatoms. The van der Waals surface area contributed by atoms with Gasteiger partial charge in [0.25, 0.3) is 5.91 Å². The van der Waals surface area contributed by atoms with Crippen molar-refractivity contribution in [2.75, 3.05) is 44.0 Å². The molecule has 10 nitrogen and oxygen atoms in total. The first-order valence-electron chi connectivity index (χ1n) is 15.9. The van der Waals surface area contributed by atoms with Gasteiger partial charge in [-0.05, 0) is 100 Å². The Bertz CT molecular complexity index is 1410. The molecule has 0 fully saturated rings. The lowest BCUT2D eigenvalue weighted by Gasteiger charge is -2.36. The molecular formula is C35H46FN5O5. The maximum atomic E-state index is 14.3. The number of pyridine rings is 1. The highest BCUT2D eigenvalue weighted by Crippen LogP contribution is 2.29. The van der Waals surface area contributed by atoms with Gasteiger partial charge in [-0.25, -0.2) is 9.18 Å². The van der Waals surface area contributed by atoms with Crippen LogP contribution in [-0.4, -0.2) is 83.4 Å². The summed E-state index contributed by atoms with van der Waals surface area (Å²) < 4.78 is 26.0. The van der Waals surface area contributed by atoms with Crippen molar-refractivity contribution in [3.63, 3.8) is 0 Å². The number of nitrogens with zero attached hydrogens (tertiary/aromatic N) is 3. The second-order valence-corrected chi connectivity index (χ2v) is 12.1. The van der Waals surface area contributed by atoms with Gasteiger partial charge in [-0.3, -0.25) is 14.7 Å². The Morgan fingerprint density at radius 2 is 1.78 bits per heavy atom. The molecule has 0 spiro atoms. The lowest BCUT2D eigenvalue weighted by molar-refractivity contribution is -0.0177. The lowest BCUT2D eigenvalue weighted by atomic mass is 10.0. The predicted molar refractivity (Wildman–Crippen MR) is 176 cm³/mol. The van der Waals surface area contributed by atoms with Gasteiger partial charge in [-0.1, -0.05) is 6.92 Å². The van der Waals surface area contributed by atoms with Crippen LogP contribution in [0.4, 0.5) is 20.6 Å². The number of aromatic nitrogens is 1. The van der Waals surface area contributed by atoms with E-state index in [2.05, 4.69) is 34.5 Å². The minimum Gasteiger partial charge on any atom is -0.490 e. The number of amides is 3. The summed E-state index contributed by atoms with van der Waals surface area (Å²) in [5.41, 5.74) is 2.24. The minimum absolute atomic E-state index is 0.0631. The third-order valence-corrected chi connectivity index (χ3v) is 8.10. The number of carbonyl (C=O) groups is 2. The summed E-state index contributed by atoms with van der Waals surface area (Å²) in [7, 11) is 2.05. The number of halogens is 1. The van der Waals surface area contributed by atoms with Gasteiger partial charge in [0.05, 0.1) is 30.4 Å². The van der Waals surface area contributed by atoms with E-state index in [4.69, 9.17) is 9.47 Å². The molecule has 0 radical (unpaired) electrons. The first-order chi connectivity index (χ1) is 22.1. The molecule has 4 rings (SSSR count). The molecule has 1 aromatic heterocycles. The maximum Gasteiger partial charge on any atom is 0.323 e. The number of anilines is 2. The number of hydrogen-bond acceptors (Lipinski definition) is 7. The fraction of sp³-hybridized carbons (Fsp3) is 0.457. The Morgan fingerprint density at radius 3 is 2.50 bits per heavy atom. The third-order valence-electron chi connectivity index (χ3n) is 8.10. The highest BCUT2D eigenvalue weighted by Gasteiger charge is 2.30. The van der Waals surface area contributed by atoms with Gasteiger partial charge < -0.3 is 30.1 Å². The lowest BCUT2D eigenvalue weighted by Crippen LogP contribution is -2.47. The first kappa shape index (κ1) is 34.8. The van der Waals surface area contributed by atoms with E-state index in [1.165, 1.54) is 24.3 Å². The molecule has 248 valence electrons. The molecule has 0 aliphatic carbocycles. The quantitative estimate of drug-likeness (QED) is 0.287. The Morgan fingerprint density at radius 1 is 1.09 bits per heavy atom. The van der Waals surface area contributed by atoms with Gasteiger partial charge in [0, 0.05) is 55.9 Å². The van der Waals surface area contributed by atoms with Crippen LogP contribution >= 0.6 is 0 Å². The molecule has 46 heavy (non-hydrogen) atoms. The van der Waals surface area contributed by atoms with Crippen LogP contribution in [-0.2, 0) is 11.3 Å². The van der Waals surface area contributed by atoms with Gasteiger partial charge in [0.1, 0.15) is 11.6 Å². The van der Waals surface area contributed by atoms with Crippen molar-refractivity contribution in [3.05, 3.63) is 83.9 Å². The van der Waals surface area contributed by atoms with Gasteiger partial charge in [0.2, 0.25) is 0 Å². The molecule has 4 atom stereocenters. The molecular weight excluding hydrogens is 589 g/mol. The van der Waals surface area contributed by atoms with Crippen molar-refractivity contribution in [2.45, 2.75) is 64.8 Å². The normalized spacial score (nSPS) is 20.3. The zero-order valence-electron chi connectivity index (χ0n) is 27.1. The highest BCUT2D eigenvalue weighted by molar-refractivity contribution is 6.02. The van der Waals surface area contributed by atoms with Crippen LogP contribution in [0.3, 0.4) is 0 Å². The average molecular weight is 636 g/mol. The third kappa shape index (κ3) is 10.2. The molecule has 1 aliphatic rings. The maximum absolute atomic E-state index is 14.3. The number of carbonyl (C=O) groups excluding carboxylic acids is 2. The molecule has 3 aromatic rings. The van der Waals surface area contributed by atoms with Crippen LogP contribution in [0.25, 0.3) is 0 Å². The summed E-state index contributed by atoms with van der Waals surface area (Å²) in [6, 6.07) is 13.4. The summed E-state index contributed by atoms with van der Waals surface area (Å²) in [6.45, 7) is 7.95. The molecule has 3 amide bonds. The molecule has 0 saturated heterocycles. The van der Waals surface area contributed by atoms with Crippen LogP contribution in [0.1, 0.15) is 56.0 Å². The second-order valence-electron chi connectivity index (χ2n) is 12.1. The second kappa shape index (κ2) is 17.0. The van der Waals surface area contributed by atoms with Gasteiger partial charge >= 0.3 is 6.03 Å². The summed E-state index contributed by atoms with van der Waals surface area (Å²) in [6.07, 6.45) is 5.79. The van der Waals surface area contributed by atoms with Gasteiger partial charge in [0.15, 0.2) is 0 Å². The van der Waals surface area contributed by atoms with E-state index < -0.39 is 17.9 Å². The van der Waals surface area contributed by atoms with Crippen LogP contribution < -0.4 is 15.4 Å². The molecule has 0 bridgehead atoms. The smallest absolute Gasteiger partial charge is 0.323 e. The number of likely N-dealkylation sites (N-methyl/N-ethyl adjacent to an activating group) is 1. The number of ether oxygens (including phenoxy) is 2. The van der Waals surface area contributed by atoms with E-state index in [1.807, 2.05) is 19.1 Å². The number of aliphatic hydroxyl groups is 1. The van der Waals surface area contributed by atoms with Crippen molar-refractivity contribution >= 4 is 23.3 Å². The standard InChI is InChI=1S/C35H46FN5O5/c1-24-20-41(25(2)23-42)34(43)31-19-30(39-35(44)38-29-10-8-28(36)9-11-29)12-13-32(31)46-26(3)7-5-6-18-45-33(24)22-40(4)21-27-14-16-37-17-15-27/h8-17,19,24-26,33,42H,5-7,18,20-23H2,1-4H3,(H2,38,39,44)/t24-,25-,26-,33-/m1/s1. The Kier molecular flexibility index (Phi) is 12.9. The summed E-state index contributed by atoms with van der Waals surface area (Å²) in [5, 5.41) is 15.6. The van der Waals surface area contributed by atoms with Crippen molar-refractivity contribution < 1.29 is 28.6 Å². The van der Waals surface area contributed by atoms with E-state index in [1.54, 1.807) is 42.4 Å². The monoisotopic (exact) mass is 635 g/mol. The van der Waals surface area contributed by atoms with Crippen LogP contribution in [0.5, 0.6) is 5.75 Å². The summed E-state index contributed by atoms with van der Waals surface area (Å²) >= 11 is 0. The summed E-state index contributed by atoms with van der Waals surface area (Å²) in [5.74, 6) is -0.381. The Labute approximate surface area is 270 Å². The van der Waals surface area contributed by atoms with Crippen molar-refractivity contribution in [1.29, 1.82) is 0 Å². The number of aliphatic hydroxyl groups excluding tert-OH is 1. The van der Waals surface area contributed by atoms with Crippen LogP contribution in [0.15, 0.2) is 67.0 Å². The van der Waals surface area contributed by atoms with Gasteiger partial charge in [-0.15, -0.1) is 0 Å². The highest BCUT2D eigenvalue weighted by atomic mass is 19.1.